The van der Waals surface area contributed by atoms with Gasteiger partial charge in [-0.1, -0.05) is 18.0 Å². The molecule has 0 spiro atoms. The fourth-order valence-corrected chi connectivity index (χ4v) is 4.26. The molecule has 3 heteroatoms. The zero-order chi connectivity index (χ0) is 13.4. The molecule has 2 bridgehead atoms. The summed E-state index contributed by atoms with van der Waals surface area (Å²) >= 11 is 6.05. The van der Waals surface area contributed by atoms with Crippen LogP contribution < -0.4 is 5.73 Å². The Morgan fingerprint density at radius 1 is 1.32 bits per heavy atom. The molecule has 0 aliphatic heterocycles. The van der Waals surface area contributed by atoms with Crippen LogP contribution >= 0.6 is 11.6 Å². The van der Waals surface area contributed by atoms with Crippen molar-refractivity contribution in [1.29, 1.82) is 0 Å². The lowest BCUT2D eigenvalue weighted by Gasteiger charge is -2.27. The van der Waals surface area contributed by atoms with Gasteiger partial charge < -0.3 is 10.6 Å². The number of halogens is 1. The van der Waals surface area contributed by atoms with Crippen molar-refractivity contribution in [3.63, 3.8) is 0 Å². The first-order valence-corrected chi connectivity index (χ1v) is 7.72. The summed E-state index contributed by atoms with van der Waals surface area (Å²) in [5.74, 6) is 2.92. The van der Waals surface area contributed by atoms with E-state index in [0.29, 0.717) is 0 Å². The molecule has 2 fully saturated rings. The van der Waals surface area contributed by atoms with Crippen LogP contribution in [0, 0.1) is 17.8 Å². The largest absolute Gasteiger partial charge is 0.398 e. The smallest absolute Gasteiger partial charge is 0.0410 e. The number of hydrogen-bond acceptors (Lipinski definition) is 2. The summed E-state index contributed by atoms with van der Waals surface area (Å²) in [5.41, 5.74) is 8.02. The van der Waals surface area contributed by atoms with Gasteiger partial charge in [-0.3, -0.25) is 0 Å². The van der Waals surface area contributed by atoms with E-state index in [1.54, 1.807) is 0 Å². The third-order valence-corrected chi connectivity index (χ3v) is 5.21. The van der Waals surface area contributed by atoms with E-state index in [9.17, 15) is 0 Å². The van der Waals surface area contributed by atoms with Crippen molar-refractivity contribution in [2.75, 3.05) is 19.3 Å². The molecule has 2 nitrogen and oxygen atoms in total. The minimum atomic E-state index is 0.775. The first-order chi connectivity index (χ1) is 9.11. The van der Waals surface area contributed by atoms with Gasteiger partial charge in [0.25, 0.3) is 0 Å². The molecule has 0 radical (unpaired) electrons. The lowest BCUT2D eigenvalue weighted by molar-refractivity contribution is 0.215. The summed E-state index contributed by atoms with van der Waals surface area (Å²) in [7, 11) is 2.20. The molecule has 3 atom stereocenters. The van der Waals surface area contributed by atoms with Crippen LogP contribution in [0.5, 0.6) is 0 Å². The first kappa shape index (κ1) is 13.3. The van der Waals surface area contributed by atoms with Gasteiger partial charge in [0.15, 0.2) is 0 Å². The maximum Gasteiger partial charge on any atom is 0.0410 e. The van der Waals surface area contributed by atoms with E-state index < -0.39 is 0 Å². The molecule has 0 heterocycles. The molecular formula is C16H23ClN2. The molecular weight excluding hydrogens is 256 g/mol. The fourth-order valence-electron chi connectivity index (χ4n) is 4.07. The summed E-state index contributed by atoms with van der Waals surface area (Å²) < 4.78 is 0. The molecule has 1 aromatic rings. The Kier molecular flexibility index (Phi) is 3.72. The zero-order valence-corrected chi connectivity index (χ0v) is 12.4. The summed E-state index contributed by atoms with van der Waals surface area (Å²) in [6.07, 6.45) is 5.87. The summed E-state index contributed by atoms with van der Waals surface area (Å²) in [5, 5.41) is 0.775. The van der Waals surface area contributed by atoms with Gasteiger partial charge >= 0.3 is 0 Å². The van der Waals surface area contributed by atoms with E-state index in [0.717, 1.165) is 40.6 Å². The average Bonchev–Trinajstić information content (AvgIpc) is 2.96. The van der Waals surface area contributed by atoms with Gasteiger partial charge in [-0.15, -0.1) is 0 Å². The molecule has 2 saturated carbocycles. The molecule has 0 saturated heterocycles. The van der Waals surface area contributed by atoms with Gasteiger partial charge in [0, 0.05) is 23.8 Å². The van der Waals surface area contributed by atoms with Crippen LogP contribution in [0.25, 0.3) is 0 Å². The zero-order valence-electron chi connectivity index (χ0n) is 11.6. The van der Waals surface area contributed by atoms with Gasteiger partial charge in [-0.25, -0.2) is 0 Å². The second-order valence-corrected chi connectivity index (χ2v) is 6.91. The van der Waals surface area contributed by atoms with Gasteiger partial charge in [-0.05, 0) is 67.8 Å². The number of nitrogen functional groups attached to an aromatic ring is 1. The SMILES string of the molecule is CN(Cc1cc(Cl)ccc1N)CC1CC2CCC1C2. The maximum atomic E-state index is 6.05. The molecule has 2 aliphatic carbocycles. The summed E-state index contributed by atoms with van der Waals surface area (Å²) in [6, 6.07) is 5.76. The van der Waals surface area contributed by atoms with Gasteiger partial charge in [0.05, 0.1) is 0 Å². The second kappa shape index (κ2) is 5.34. The van der Waals surface area contributed by atoms with Crippen molar-refractivity contribution >= 4 is 17.3 Å². The number of rotatable bonds is 4. The highest BCUT2D eigenvalue weighted by molar-refractivity contribution is 6.30. The van der Waals surface area contributed by atoms with Crippen molar-refractivity contribution < 1.29 is 0 Å². The molecule has 104 valence electrons. The normalized spacial score (nSPS) is 29.3. The van der Waals surface area contributed by atoms with Gasteiger partial charge in [0.2, 0.25) is 0 Å². The van der Waals surface area contributed by atoms with Crippen LogP contribution in [0.3, 0.4) is 0 Å². The van der Waals surface area contributed by atoms with E-state index in [-0.39, 0.29) is 0 Å². The molecule has 19 heavy (non-hydrogen) atoms. The average molecular weight is 279 g/mol. The van der Waals surface area contributed by atoms with Crippen LogP contribution in [0.2, 0.25) is 5.02 Å². The van der Waals surface area contributed by atoms with Crippen LogP contribution in [-0.2, 0) is 6.54 Å². The predicted octanol–water partition coefficient (Wildman–Crippen LogP) is 3.79. The van der Waals surface area contributed by atoms with Crippen molar-refractivity contribution in [3.8, 4) is 0 Å². The fraction of sp³-hybridized carbons (Fsp3) is 0.625. The summed E-state index contributed by atoms with van der Waals surface area (Å²) in [4.78, 5) is 2.41. The van der Waals surface area contributed by atoms with E-state index >= 15 is 0 Å². The topological polar surface area (TPSA) is 29.3 Å². The molecule has 0 amide bonds. The third-order valence-electron chi connectivity index (χ3n) is 4.98. The quantitative estimate of drug-likeness (QED) is 0.849. The van der Waals surface area contributed by atoms with Crippen LogP contribution in [0.15, 0.2) is 18.2 Å². The van der Waals surface area contributed by atoms with E-state index in [1.807, 2.05) is 18.2 Å². The number of fused-ring (bicyclic) bond motifs is 2. The maximum absolute atomic E-state index is 6.05. The number of anilines is 1. The van der Waals surface area contributed by atoms with E-state index in [2.05, 4.69) is 11.9 Å². The van der Waals surface area contributed by atoms with Crippen molar-refractivity contribution in [2.24, 2.45) is 17.8 Å². The Bertz CT molecular complexity index is 460. The predicted molar refractivity (Wildman–Crippen MR) is 81.1 cm³/mol. The highest BCUT2D eigenvalue weighted by Crippen LogP contribution is 2.48. The molecule has 1 aromatic carbocycles. The lowest BCUT2D eigenvalue weighted by atomic mass is 9.88. The van der Waals surface area contributed by atoms with Gasteiger partial charge in [-0.2, -0.15) is 0 Å². The second-order valence-electron chi connectivity index (χ2n) is 6.47. The Labute approximate surface area is 120 Å². The van der Waals surface area contributed by atoms with Crippen molar-refractivity contribution in [3.05, 3.63) is 28.8 Å². The van der Waals surface area contributed by atoms with Crippen molar-refractivity contribution in [1.82, 2.24) is 4.90 Å². The Hall–Kier alpha value is -0.730. The molecule has 3 rings (SSSR count). The number of benzene rings is 1. The lowest BCUT2D eigenvalue weighted by Crippen LogP contribution is -2.28. The van der Waals surface area contributed by atoms with Gasteiger partial charge in [0.1, 0.15) is 0 Å². The number of nitrogens with zero attached hydrogens (tertiary/aromatic N) is 1. The van der Waals surface area contributed by atoms with E-state index in [1.165, 1.54) is 32.2 Å². The van der Waals surface area contributed by atoms with Crippen molar-refractivity contribution in [2.45, 2.75) is 32.2 Å². The van der Waals surface area contributed by atoms with E-state index in [4.69, 9.17) is 17.3 Å². The molecule has 2 aliphatic rings. The Balaban J connectivity index is 1.59. The molecule has 3 unspecified atom stereocenters. The third kappa shape index (κ3) is 2.90. The summed E-state index contributed by atoms with van der Waals surface area (Å²) in [6.45, 7) is 2.10. The van der Waals surface area contributed by atoms with Crippen LogP contribution in [0.1, 0.15) is 31.2 Å². The number of nitrogens with two attached hydrogens (primary N) is 1. The Morgan fingerprint density at radius 3 is 2.84 bits per heavy atom. The molecule has 2 N–H and O–H groups in total. The standard InChI is InChI=1S/C16H23ClN2/c1-19(9-13-7-11-2-3-12(13)6-11)10-14-8-15(17)4-5-16(14)18/h4-5,8,11-13H,2-3,6-7,9-10,18H2,1H3. The monoisotopic (exact) mass is 278 g/mol. The first-order valence-electron chi connectivity index (χ1n) is 7.34. The van der Waals surface area contributed by atoms with Crippen LogP contribution in [-0.4, -0.2) is 18.5 Å². The van der Waals surface area contributed by atoms with Crippen LogP contribution in [0.4, 0.5) is 5.69 Å². The number of hydrogen-bond donors (Lipinski definition) is 1. The Morgan fingerprint density at radius 2 is 2.16 bits per heavy atom. The minimum absolute atomic E-state index is 0.775. The highest BCUT2D eigenvalue weighted by Gasteiger charge is 2.39. The minimum Gasteiger partial charge on any atom is -0.398 e. The molecule has 0 aromatic heterocycles. The highest BCUT2D eigenvalue weighted by atomic mass is 35.5.